The molecule has 1 aromatic rings. The molecular weight excluding hydrogens is 366 g/mol. The molecular formula is C23H33N3O3. The monoisotopic (exact) mass is 399 g/mol. The second kappa shape index (κ2) is 10.0. The largest absolute Gasteiger partial charge is 0.379 e. The first-order valence-electron chi connectivity index (χ1n) is 10.6. The molecule has 0 atom stereocenters. The van der Waals surface area contributed by atoms with E-state index in [1.807, 2.05) is 41.3 Å². The lowest BCUT2D eigenvalue weighted by atomic mass is 9.95. The number of carbonyl (C=O) groups is 2. The highest BCUT2D eigenvalue weighted by Crippen LogP contribution is 2.19. The van der Waals surface area contributed by atoms with Crippen molar-refractivity contribution in [3.05, 3.63) is 42.0 Å². The average Bonchev–Trinajstić information content (AvgIpc) is 2.77. The van der Waals surface area contributed by atoms with Crippen LogP contribution < -0.4 is 5.32 Å². The van der Waals surface area contributed by atoms with Gasteiger partial charge in [-0.15, -0.1) is 0 Å². The number of nitrogens with zero attached hydrogens (tertiary/aromatic N) is 2. The summed E-state index contributed by atoms with van der Waals surface area (Å²) in [6.45, 7) is 9.53. The van der Waals surface area contributed by atoms with Crippen LogP contribution in [0.25, 0.3) is 6.08 Å². The second-order valence-corrected chi connectivity index (χ2v) is 8.47. The minimum atomic E-state index is -0.0850. The highest BCUT2D eigenvalue weighted by molar-refractivity contribution is 5.92. The van der Waals surface area contributed by atoms with E-state index in [0.29, 0.717) is 32.5 Å². The average molecular weight is 400 g/mol. The number of hydrogen-bond donors (Lipinski definition) is 1. The molecule has 1 aromatic carbocycles. The Hall–Kier alpha value is -2.18. The summed E-state index contributed by atoms with van der Waals surface area (Å²) in [5.74, 6) is 0.108. The van der Waals surface area contributed by atoms with Gasteiger partial charge in [0.05, 0.1) is 13.2 Å². The van der Waals surface area contributed by atoms with Crippen molar-refractivity contribution < 1.29 is 14.3 Å². The van der Waals surface area contributed by atoms with Gasteiger partial charge in [-0.2, -0.15) is 0 Å². The van der Waals surface area contributed by atoms with Crippen LogP contribution in [0.1, 0.15) is 32.3 Å². The van der Waals surface area contributed by atoms with Crippen LogP contribution in [0.4, 0.5) is 0 Å². The predicted octanol–water partition coefficient (Wildman–Crippen LogP) is 2.17. The Morgan fingerprint density at radius 3 is 2.41 bits per heavy atom. The molecule has 0 radical (unpaired) electrons. The van der Waals surface area contributed by atoms with Gasteiger partial charge in [0.1, 0.15) is 0 Å². The van der Waals surface area contributed by atoms with Gasteiger partial charge in [0, 0.05) is 50.3 Å². The number of morpholine rings is 1. The number of amides is 2. The normalized spacial score (nSPS) is 19.4. The second-order valence-electron chi connectivity index (χ2n) is 8.47. The number of hydrogen-bond acceptors (Lipinski definition) is 4. The molecule has 29 heavy (non-hydrogen) atoms. The van der Waals surface area contributed by atoms with Crippen LogP contribution in [0, 0.1) is 5.92 Å². The number of ether oxygens (including phenoxy) is 1. The van der Waals surface area contributed by atoms with Gasteiger partial charge in [-0.05, 0) is 38.3 Å². The van der Waals surface area contributed by atoms with Gasteiger partial charge in [-0.1, -0.05) is 30.3 Å². The third-order valence-corrected chi connectivity index (χ3v) is 5.96. The number of nitrogens with one attached hydrogen (secondary N) is 1. The fourth-order valence-corrected chi connectivity index (χ4v) is 3.93. The van der Waals surface area contributed by atoms with Gasteiger partial charge in [-0.3, -0.25) is 14.5 Å². The van der Waals surface area contributed by atoms with Gasteiger partial charge < -0.3 is 15.0 Å². The summed E-state index contributed by atoms with van der Waals surface area (Å²) in [5.41, 5.74) is 0.927. The minimum Gasteiger partial charge on any atom is -0.379 e. The van der Waals surface area contributed by atoms with Crippen molar-refractivity contribution >= 4 is 17.9 Å². The molecule has 0 saturated carbocycles. The zero-order valence-corrected chi connectivity index (χ0v) is 17.6. The number of rotatable bonds is 6. The summed E-state index contributed by atoms with van der Waals surface area (Å²) in [5, 5.41) is 3.14. The maximum atomic E-state index is 12.6. The van der Waals surface area contributed by atoms with Crippen molar-refractivity contribution in [3.8, 4) is 0 Å². The first-order valence-corrected chi connectivity index (χ1v) is 10.6. The van der Waals surface area contributed by atoms with Gasteiger partial charge in [0.25, 0.3) is 0 Å². The lowest BCUT2D eigenvalue weighted by Crippen LogP contribution is -2.56. The van der Waals surface area contributed by atoms with Crippen molar-refractivity contribution in [3.63, 3.8) is 0 Å². The summed E-state index contributed by atoms with van der Waals surface area (Å²) >= 11 is 0. The Morgan fingerprint density at radius 2 is 1.76 bits per heavy atom. The Labute approximate surface area is 173 Å². The molecule has 2 aliphatic rings. The highest BCUT2D eigenvalue weighted by atomic mass is 16.5. The maximum Gasteiger partial charge on any atom is 0.246 e. The Bertz CT molecular complexity index is 703. The van der Waals surface area contributed by atoms with Gasteiger partial charge in [0.2, 0.25) is 11.8 Å². The smallest absolute Gasteiger partial charge is 0.246 e. The topological polar surface area (TPSA) is 61.9 Å². The lowest BCUT2D eigenvalue weighted by Gasteiger charge is -2.41. The highest BCUT2D eigenvalue weighted by Gasteiger charge is 2.31. The molecule has 2 saturated heterocycles. The summed E-state index contributed by atoms with van der Waals surface area (Å²) < 4.78 is 5.42. The first kappa shape index (κ1) is 21.5. The third kappa shape index (κ3) is 6.15. The number of likely N-dealkylation sites (tertiary alicyclic amines) is 1. The number of piperidine rings is 1. The molecule has 2 heterocycles. The van der Waals surface area contributed by atoms with Gasteiger partial charge in [0.15, 0.2) is 0 Å². The lowest BCUT2D eigenvalue weighted by molar-refractivity contribution is -0.132. The fraction of sp³-hybridized carbons (Fsp3) is 0.565. The van der Waals surface area contributed by atoms with Crippen LogP contribution in [0.2, 0.25) is 0 Å². The molecule has 2 fully saturated rings. The zero-order chi connectivity index (χ0) is 20.7. The van der Waals surface area contributed by atoms with Crippen molar-refractivity contribution in [2.45, 2.75) is 32.2 Å². The van der Waals surface area contributed by atoms with Crippen molar-refractivity contribution in [2.24, 2.45) is 5.92 Å². The molecule has 0 unspecified atom stereocenters. The molecule has 6 heteroatoms. The van der Waals surface area contributed by atoms with Crippen molar-refractivity contribution in [1.29, 1.82) is 0 Å². The van der Waals surface area contributed by atoms with E-state index in [0.717, 1.165) is 31.9 Å². The molecule has 1 N–H and O–H groups in total. The third-order valence-electron chi connectivity index (χ3n) is 5.96. The Kier molecular flexibility index (Phi) is 7.45. The van der Waals surface area contributed by atoms with Gasteiger partial charge >= 0.3 is 0 Å². The quantitative estimate of drug-likeness (QED) is 0.745. The summed E-state index contributed by atoms with van der Waals surface area (Å²) in [4.78, 5) is 29.3. The molecule has 0 bridgehead atoms. The van der Waals surface area contributed by atoms with Crippen molar-refractivity contribution in [1.82, 2.24) is 15.1 Å². The van der Waals surface area contributed by atoms with Crippen LogP contribution in [0.5, 0.6) is 0 Å². The molecule has 2 aliphatic heterocycles. The Morgan fingerprint density at radius 1 is 1.10 bits per heavy atom. The standard InChI is InChI=1S/C23H33N3O3/c1-23(2,26-14-16-29-17-15-26)18-24-22(28)20-10-12-25(13-11-20)21(27)9-8-19-6-4-3-5-7-19/h3-9,20H,10-18H2,1-2H3,(H,24,28)/b9-8+. The zero-order valence-electron chi connectivity index (χ0n) is 17.6. The SMILES string of the molecule is CC(C)(CNC(=O)C1CCN(C(=O)/C=C/c2ccccc2)CC1)N1CCOCC1. The van der Waals surface area contributed by atoms with Crippen LogP contribution >= 0.6 is 0 Å². The van der Waals surface area contributed by atoms with E-state index in [1.54, 1.807) is 6.08 Å². The van der Waals surface area contributed by atoms with Crippen LogP contribution in [0.15, 0.2) is 36.4 Å². The summed E-state index contributed by atoms with van der Waals surface area (Å²) in [6.07, 6.45) is 4.90. The van der Waals surface area contributed by atoms with E-state index in [4.69, 9.17) is 4.74 Å². The molecule has 0 aliphatic carbocycles. The Balaban J connectivity index is 1.42. The van der Waals surface area contributed by atoms with Gasteiger partial charge in [-0.25, -0.2) is 0 Å². The molecule has 3 rings (SSSR count). The summed E-state index contributed by atoms with van der Waals surface area (Å²) in [6, 6.07) is 9.80. The maximum absolute atomic E-state index is 12.6. The molecule has 0 spiro atoms. The van der Waals surface area contributed by atoms with Crippen LogP contribution in [0.3, 0.4) is 0 Å². The van der Waals surface area contributed by atoms with E-state index in [1.165, 1.54) is 0 Å². The summed E-state index contributed by atoms with van der Waals surface area (Å²) in [7, 11) is 0. The first-order chi connectivity index (χ1) is 14.0. The van der Waals surface area contributed by atoms with E-state index in [9.17, 15) is 9.59 Å². The fourth-order valence-electron chi connectivity index (χ4n) is 3.93. The van der Waals surface area contributed by atoms with E-state index >= 15 is 0 Å². The van der Waals surface area contributed by atoms with E-state index in [2.05, 4.69) is 24.1 Å². The van der Waals surface area contributed by atoms with Crippen LogP contribution in [-0.2, 0) is 14.3 Å². The number of benzene rings is 1. The number of carbonyl (C=O) groups excluding carboxylic acids is 2. The molecule has 6 nitrogen and oxygen atoms in total. The van der Waals surface area contributed by atoms with Crippen molar-refractivity contribution in [2.75, 3.05) is 45.9 Å². The van der Waals surface area contributed by atoms with E-state index < -0.39 is 0 Å². The van der Waals surface area contributed by atoms with Crippen LogP contribution in [-0.4, -0.2) is 73.1 Å². The molecule has 2 amide bonds. The molecule has 0 aromatic heterocycles. The predicted molar refractivity (Wildman–Crippen MR) is 114 cm³/mol. The van der Waals surface area contributed by atoms with E-state index in [-0.39, 0.29) is 23.3 Å². The minimum absolute atomic E-state index is 0.0150. The molecule has 158 valence electrons.